The number of nitrogens with zero attached hydrogens (tertiary/aromatic N) is 3. The molecule has 2 aromatic carbocycles. The van der Waals surface area contributed by atoms with Gasteiger partial charge < -0.3 is 11.1 Å². The quantitative estimate of drug-likeness (QED) is 0.566. The minimum atomic E-state index is -0.463. The Morgan fingerprint density at radius 2 is 1.79 bits per heavy atom. The SMILES string of the molecule is CC[C@H](C)NC(=O)c1c(N)n(-c2ccccc2F)c2nc3ccccc3nc12. The second-order valence-corrected chi connectivity index (χ2v) is 6.71. The lowest BCUT2D eigenvalue weighted by molar-refractivity contribution is 0.0941. The summed E-state index contributed by atoms with van der Waals surface area (Å²) in [7, 11) is 0. The van der Waals surface area contributed by atoms with Crippen molar-refractivity contribution < 1.29 is 9.18 Å². The molecule has 4 rings (SSSR count). The second kappa shape index (κ2) is 6.92. The Morgan fingerprint density at radius 1 is 1.14 bits per heavy atom. The molecule has 6 nitrogen and oxygen atoms in total. The Hall–Kier alpha value is -3.48. The van der Waals surface area contributed by atoms with Crippen molar-refractivity contribution in [1.82, 2.24) is 19.9 Å². The normalized spacial score (nSPS) is 12.4. The predicted molar refractivity (Wildman–Crippen MR) is 108 cm³/mol. The number of hydrogen-bond acceptors (Lipinski definition) is 4. The van der Waals surface area contributed by atoms with Crippen molar-refractivity contribution in [1.29, 1.82) is 0 Å². The van der Waals surface area contributed by atoms with Crippen molar-refractivity contribution >= 4 is 33.9 Å². The minimum absolute atomic E-state index is 0.0350. The average molecular weight is 377 g/mol. The number of carbonyl (C=O) groups excluding carboxylic acids is 1. The molecule has 0 saturated carbocycles. The first-order valence-corrected chi connectivity index (χ1v) is 9.13. The summed E-state index contributed by atoms with van der Waals surface area (Å²) in [6, 6.07) is 13.5. The summed E-state index contributed by atoms with van der Waals surface area (Å²) in [5, 5.41) is 2.91. The number of nitrogens with one attached hydrogen (secondary N) is 1. The van der Waals surface area contributed by atoms with E-state index >= 15 is 0 Å². The number of rotatable bonds is 4. The van der Waals surface area contributed by atoms with Gasteiger partial charge in [0.25, 0.3) is 5.91 Å². The highest BCUT2D eigenvalue weighted by molar-refractivity contribution is 6.11. The number of amides is 1. The molecule has 0 bridgehead atoms. The number of halogens is 1. The topological polar surface area (TPSA) is 85.8 Å². The number of nitrogens with two attached hydrogens (primary N) is 1. The van der Waals surface area contributed by atoms with Gasteiger partial charge in [0.2, 0.25) is 0 Å². The molecule has 7 heteroatoms. The van der Waals surface area contributed by atoms with E-state index in [1.54, 1.807) is 18.2 Å². The van der Waals surface area contributed by atoms with Crippen LogP contribution in [0.4, 0.5) is 10.2 Å². The molecule has 0 radical (unpaired) electrons. The van der Waals surface area contributed by atoms with Crippen LogP contribution in [0.1, 0.15) is 30.6 Å². The fourth-order valence-electron chi connectivity index (χ4n) is 3.16. The van der Waals surface area contributed by atoms with Gasteiger partial charge in [0.1, 0.15) is 22.7 Å². The molecule has 0 spiro atoms. The van der Waals surface area contributed by atoms with E-state index in [2.05, 4.69) is 15.3 Å². The summed E-state index contributed by atoms with van der Waals surface area (Å²) in [5.74, 6) is -0.706. The van der Waals surface area contributed by atoms with Crippen LogP contribution in [0, 0.1) is 5.82 Å². The van der Waals surface area contributed by atoms with Crippen molar-refractivity contribution in [3.05, 3.63) is 59.9 Å². The molecule has 0 aliphatic rings. The molecule has 142 valence electrons. The molecule has 0 aliphatic carbocycles. The molecule has 0 unspecified atom stereocenters. The number of anilines is 1. The number of nitrogen functional groups attached to an aromatic ring is 1. The maximum absolute atomic E-state index is 14.5. The zero-order valence-electron chi connectivity index (χ0n) is 15.6. The maximum atomic E-state index is 14.5. The number of hydrogen-bond donors (Lipinski definition) is 2. The largest absolute Gasteiger partial charge is 0.384 e. The number of carbonyl (C=O) groups is 1. The Morgan fingerprint density at radius 3 is 2.46 bits per heavy atom. The predicted octanol–water partition coefficient (Wildman–Crippen LogP) is 3.82. The molecular weight excluding hydrogens is 357 g/mol. The van der Waals surface area contributed by atoms with E-state index in [0.29, 0.717) is 22.2 Å². The molecule has 0 fully saturated rings. The first-order valence-electron chi connectivity index (χ1n) is 9.13. The molecule has 28 heavy (non-hydrogen) atoms. The van der Waals surface area contributed by atoms with Gasteiger partial charge in [-0.25, -0.2) is 14.4 Å². The summed E-state index contributed by atoms with van der Waals surface area (Å²) in [5.41, 5.74) is 8.74. The Kier molecular flexibility index (Phi) is 4.43. The van der Waals surface area contributed by atoms with Gasteiger partial charge in [0.05, 0.1) is 16.7 Å². The van der Waals surface area contributed by atoms with Crippen LogP contribution >= 0.6 is 0 Å². The van der Waals surface area contributed by atoms with Gasteiger partial charge in [-0.05, 0) is 37.6 Å². The van der Waals surface area contributed by atoms with Crippen molar-refractivity contribution in [2.24, 2.45) is 0 Å². The Labute approximate surface area is 161 Å². The Bertz CT molecular complexity index is 1200. The summed E-state index contributed by atoms with van der Waals surface area (Å²) in [6.07, 6.45) is 0.770. The van der Waals surface area contributed by atoms with E-state index < -0.39 is 5.82 Å². The molecule has 2 heterocycles. The molecule has 1 amide bonds. The van der Waals surface area contributed by atoms with E-state index in [-0.39, 0.29) is 29.0 Å². The average Bonchev–Trinajstić information content (AvgIpc) is 2.97. The highest BCUT2D eigenvalue weighted by Crippen LogP contribution is 2.31. The van der Waals surface area contributed by atoms with Crippen molar-refractivity contribution in [3.8, 4) is 5.69 Å². The lowest BCUT2D eigenvalue weighted by atomic mass is 10.2. The first kappa shape index (κ1) is 17.9. The number of para-hydroxylation sites is 3. The molecule has 2 aromatic heterocycles. The van der Waals surface area contributed by atoms with Crippen LogP contribution in [0.3, 0.4) is 0 Å². The summed E-state index contributed by atoms with van der Waals surface area (Å²) in [6.45, 7) is 3.88. The van der Waals surface area contributed by atoms with Crippen LogP contribution in [0.15, 0.2) is 48.5 Å². The van der Waals surface area contributed by atoms with E-state index in [4.69, 9.17) is 5.73 Å². The van der Waals surface area contributed by atoms with Crippen molar-refractivity contribution in [2.75, 3.05) is 5.73 Å². The fraction of sp³-hybridized carbons (Fsp3) is 0.190. The Balaban J connectivity index is 2.06. The molecular formula is C21H20FN5O. The fourth-order valence-corrected chi connectivity index (χ4v) is 3.16. The van der Waals surface area contributed by atoms with Crippen LogP contribution in [0.2, 0.25) is 0 Å². The van der Waals surface area contributed by atoms with Crippen LogP contribution in [0.25, 0.3) is 27.9 Å². The molecule has 3 N–H and O–H groups in total. The molecule has 0 saturated heterocycles. The van der Waals surface area contributed by atoms with Gasteiger partial charge in [-0.3, -0.25) is 9.36 Å². The monoisotopic (exact) mass is 377 g/mol. The highest BCUT2D eigenvalue weighted by Gasteiger charge is 2.26. The highest BCUT2D eigenvalue weighted by atomic mass is 19.1. The zero-order valence-corrected chi connectivity index (χ0v) is 15.6. The van der Waals surface area contributed by atoms with Crippen molar-refractivity contribution in [3.63, 3.8) is 0 Å². The van der Waals surface area contributed by atoms with E-state index in [1.807, 2.05) is 38.1 Å². The van der Waals surface area contributed by atoms with Gasteiger partial charge in [0.15, 0.2) is 5.65 Å². The summed E-state index contributed by atoms with van der Waals surface area (Å²) in [4.78, 5) is 22.2. The number of benzene rings is 2. The standard InChI is InChI=1S/C21H20FN5O/c1-3-12(2)24-21(28)17-18-20(26-15-10-6-5-9-14(15)25-18)27(19(17)23)16-11-7-4-8-13(16)22/h4-12H,3,23H2,1-2H3,(H,24,28)/t12-/m0/s1. The molecule has 1 atom stereocenters. The number of fused-ring (bicyclic) bond motifs is 2. The van der Waals surface area contributed by atoms with Crippen LogP contribution < -0.4 is 11.1 Å². The third-order valence-electron chi connectivity index (χ3n) is 4.81. The third kappa shape index (κ3) is 2.85. The van der Waals surface area contributed by atoms with Gasteiger partial charge in [0, 0.05) is 6.04 Å². The van der Waals surface area contributed by atoms with Gasteiger partial charge in [-0.2, -0.15) is 0 Å². The zero-order chi connectivity index (χ0) is 19.8. The summed E-state index contributed by atoms with van der Waals surface area (Å²) < 4.78 is 16.0. The second-order valence-electron chi connectivity index (χ2n) is 6.71. The first-order chi connectivity index (χ1) is 13.5. The van der Waals surface area contributed by atoms with E-state index in [1.165, 1.54) is 10.6 Å². The lowest BCUT2D eigenvalue weighted by Gasteiger charge is -2.12. The summed E-state index contributed by atoms with van der Waals surface area (Å²) >= 11 is 0. The van der Waals surface area contributed by atoms with Crippen LogP contribution in [-0.2, 0) is 0 Å². The van der Waals surface area contributed by atoms with Crippen LogP contribution in [0.5, 0.6) is 0 Å². The van der Waals surface area contributed by atoms with Crippen LogP contribution in [-0.4, -0.2) is 26.5 Å². The van der Waals surface area contributed by atoms with E-state index in [9.17, 15) is 9.18 Å². The van der Waals surface area contributed by atoms with Crippen molar-refractivity contribution in [2.45, 2.75) is 26.3 Å². The number of aromatic nitrogens is 3. The van der Waals surface area contributed by atoms with Gasteiger partial charge in [-0.1, -0.05) is 31.2 Å². The minimum Gasteiger partial charge on any atom is -0.384 e. The third-order valence-corrected chi connectivity index (χ3v) is 4.81. The van der Waals surface area contributed by atoms with Gasteiger partial charge >= 0.3 is 0 Å². The molecule has 0 aliphatic heterocycles. The van der Waals surface area contributed by atoms with Gasteiger partial charge in [-0.15, -0.1) is 0 Å². The van der Waals surface area contributed by atoms with E-state index in [0.717, 1.165) is 6.42 Å². The lowest BCUT2D eigenvalue weighted by Crippen LogP contribution is -2.32. The maximum Gasteiger partial charge on any atom is 0.257 e. The smallest absolute Gasteiger partial charge is 0.257 e. The molecule has 4 aromatic rings.